The topological polar surface area (TPSA) is 125 Å². The summed E-state index contributed by atoms with van der Waals surface area (Å²) in [6, 6.07) is 1.11. The highest BCUT2D eigenvalue weighted by molar-refractivity contribution is 5.09. The maximum absolute atomic E-state index is 11.8. The molecule has 0 amide bonds. The van der Waals surface area contributed by atoms with Crippen LogP contribution < -0.4 is 11.2 Å². The maximum Gasteiger partial charge on any atom is 0.330 e. The fraction of sp³-hybridized carbons (Fsp3) is 0.538. The molecule has 4 N–H and O–H groups in total. The normalized spacial score (nSPS) is 36.4. The predicted molar refractivity (Wildman–Crippen MR) is 72.6 cm³/mol. The molecule has 21 heavy (non-hydrogen) atoms. The Morgan fingerprint density at radius 3 is 2.71 bits per heavy atom. The van der Waals surface area contributed by atoms with Crippen LogP contribution in [0.15, 0.2) is 34.5 Å². The Kier molecular flexibility index (Phi) is 4.15. The molecule has 8 heteroatoms. The van der Waals surface area contributed by atoms with Gasteiger partial charge in [-0.15, -0.1) is 6.58 Å². The molecule has 0 aromatic carbocycles. The van der Waals surface area contributed by atoms with Gasteiger partial charge in [-0.05, 0) is 0 Å². The van der Waals surface area contributed by atoms with Crippen LogP contribution >= 0.6 is 0 Å². The van der Waals surface area contributed by atoms with E-state index in [4.69, 9.17) is 4.74 Å². The Labute approximate surface area is 119 Å². The lowest BCUT2D eigenvalue weighted by atomic mass is 9.81. The van der Waals surface area contributed by atoms with E-state index in [1.807, 2.05) is 0 Å². The lowest BCUT2D eigenvalue weighted by Gasteiger charge is -2.47. The van der Waals surface area contributed by atoms with Gasteiger partial charge in [0.05, 0.1) is 12.7 Å². The summed E-state index contributed by atoms with van der Waals surface area (Å²) in [5, 5.41) is 29.9. The van der Waals surface area contributed by atoms with Gasteiger partial charge in [0.1, 0.15) is 11.7 Å². The molecule has 1 fully saturated rings. The first-order valence-corrected chi connectivity index (χ1v) is 6.46. The predicted octanol–water partition coefficient (Wildman–Crippen LogP) is -1.66. The highest BCUT2D eigenvalue weighted by Gasteiger charge is 2.51. The summed E-state index contributed by atoms with van der Waals surface area (Å²) >= 11 is 0. The number of hydrogen-bond donors (Lipinski definition) is 4. The molecule has 2 heterocycles. The van der Waals surface area contributed by atoms with Crippen molar-refractivity contribution < 1.29 is 20.1 Å². The first-order chi connectivity index (χ1) is 9.86. The average Bonchev–Trinajstić information content (AvgIpc) is 2.47. The molecule has 1 aromatic rings. The monoisotopic (exact) mass is 298 g/mol. The molecule has 8 nitrogen and oxygen atoms in total. The van der Waals surface area contributed by atoms with Crippen LogP contribution in [0.5, 0.6) is 0 Å². The van der Waals surface area contributed by atoms with Gasteiger partial charge in [-0.2, -0.15) is 0 Å². The van der Waals surface area contributed by atoms with E-state index < -0.39 is 47.8 Å². The zero-order chi connectivity index (χ0) is 15.8. The van der Waals surface area contributed by atoms with Gasteiger partial charge in [0.25, 0.3) is 5.56 Å². The van der Waals surface area contributed by atoms with Crippen LogP contribution in [0.2, 0.25) is 0 Å². The first-order valence-electron chi connectivity index (χ1n) is 6.46. The molecule has 1 aromatic heterocycles. The molecule has 1 aliphatic rings. The van der Waals surface area contributed by atoms with Crippen molar-refractivity contribution in [3.8, 4) is 0 Å². The molecule has 116 valence electrons. The molecule has 0 aliphatic carbocycles. The average molecular weight is 298 g/mol. The third-order valence-electron chi connectivity index (χ3n) is 3.89. The number of nitrogens with zero attached hydrogens (tertiary/aromatic N) is 1. The van der Waals surface area contributed by atoms with Crippen LogP contribution in [0.3, 0.4) is 0 Å². The SMILES string of the molecule is C=C[C@]1(CO)O[C@@H](n2ccc(=O)[nH]c2=O)[C@H](O)[C@@H](C)[C@@H]1O. The van der Waals surface area contributed by atoms with E-state index in [2.05, 4.69) is 11.6 Å². The van der Waals surface area contributed by atoms with E-state index in [0.717, 1.165) is 10.6 Å². The van der Waals surface area contributed by atoms with E-state index in [0.29, 0.717) is 0 Å². The quantitative estimate of drug-likeness (QED) is 0.495. The van der Waals surface area contributed by atoms with Crippen molar-refractivity contribution in [2.24, 2.45) is 5.92 Å². The Bertz CT molecular complexity index is 638. The molecule has 0 spiro atoms. The number of ether oxygens (including phenoxy) is 1. The minimum Gasteiger partial charge on any atom is -0.393 e. The van der Waals surface area contributed by atoms with Gasteiger partial charge >= 0.3 is 5.69 Å². The van der Waals surface area contributed by atoms with Crippen molar-refractivity contribution >= 4 is 0 Å². The Balaban J connectivity index is 2.50. The van der Waals surface area contributed by atoms with Crippen LogP contribution in [0.1, 0.15) is 13.2 Å². The minimum absolute atomic E-state index is 0.566. The number of aromatic amines is 1. The number of nitrogens with one attached hydrogen (secondary N) is 1. The van der Waals surface area contributed by atoms with Crippen molar-refractivity contribution in [2.45, 2.75) is 31.0 Å². The first kappa shape index (κ1) is 15.6. The largest absolute Gasteiger partial charge is 0.393 e. The maximum atomic E-state index is 11.8. The molecule has 2 rings (SSSR count). The van der Waals surface area contributed by atoms with Crippen molar-refractivity contribution in [1.82, 2.24) is 9.55 Å². The van der Waals surface area contributed by atoms with Gasteiger partial charge < -0.3 is 20.1 Å². The van der Waals surface area contributed by atoms with E-state index in [1.165, 1.54) is 12.3 Å². The summed E-state index contributed by atoms with van der Waals surface area (Å²) in [6.07, 6.45) is -1.14. The van der Waals surface area contributed by atoms with Gasteiger partial charge in [0, 0.05) is 18.2 Å². The lowest BCUT2D eigenvalue weighted by molar-refractivity contribution is -0.264. The van der Waals surface area contributed by atoms with E-state index in [-0.39, 0.29) is 0 Å². The zero-order valence-corrected chi connectivity index (χ0v) is 11.5. The molecular formula is C13H18N2O6. The molecule has 0 bridgehead atoms. The van der Waals surface area contributed by atoms with E-state index in [9.17, 15) is 24.9 Å². The van der Waals surface area contributed by atoms with Crippen LogP contribution in [0.4, 0.5) is 0 Å². The third kappa shape index (κ3) is 2.46. The van der Waals surface area contributed by atoms with Gasteiger partial charge in [0.2, 0.25) is 0 Å². The highest BCUT2D eigenvalue weighted by atomic mass is 16.6. The van der Waals surface area contributed by atoms with Crippen molar-refractivity contribution in [3.63, 3.8) is 0 Å². The third-order valence-corrected chi connectivity index (χ3v) is 3.89. The molecule has 0 saturated carbocycles. The smallest absolute Gasteiger partial charge is 0.330 e. The van der Waals surface area contributed by atoms with E-state index in [1.54, 1.807) is 6.92 Å². The van der Waals surface area contributed by atoms with Crippen molar-refractivity contribution in [1.29, 1.82) is 0 Å². The summed E-state index contributed by atoms with van der Waals surface area (Å²) in [4.78, 5) is 25.0. The second-order valence-electron chi connectivity index (χ2n) is 5.14. The number of aliphatic hydroxyl groups is 3. The van der Waals surface area contributed by atoms with Crippen LogP contribution in [0, 0.1) is 5.92 Å². The van der Waals surface area contributed by atoms with Gasteiger partial charge in [-0.1, -0.05) is 13.0 Å². The lowest BCUT2D eigenvalue weighted by Crippen LogP contribution is -2.61. The summed E-state index contributed by atoms with van der Waals surface area (Å²) < 4.78 is 6.55. The molecular weight excluding hydrogens is 280 g/mol. The minimum atomic E-state index is -1.50. The molecule has 1 aliphatic heterocycles. The van der Waals surface area contributed by atoms with Crippen molar-refractivity contribution in [2.75, 3.05) is 6.61 Å². The number of aromatic nitrogens is 2. The molecule has 5 atom stereocenters. The Morgan fingerprint density at radius 2 is 2.19 bits per heavy atom. The fourth-order valence-electron chi connectivity index (χ4n) is 2.47. The van der Waals surface area contributed by atoms with Crippen LogP contribution in [0.25, 0.3) is 0 Å². The summed E-state index contributed by atoms with van der Waals surface area (Å²) in [6.45, 7) is 4.53. The summed E-state index contributed by atoms with van der Waals surface area (Å²) in [7, 11) is 0. The van der Waals surface area contributed by atoms with E-state index >= 15 is 0 Å². The second kappa shape index (κ2) is 5.57. The Morgan fingerprint density at radius 1 is 1.52 bits per heavy atom. The molecule has 0 unspecified atom stereocenters. The fourth-order valence-corrected chi connectivity index (χ4v) is 2.47. The number of H-pyrrole nitrogens is 1. The standard InChI is InChI=1S/C13H18N2O6/c1-3-13(6-16)10(19)7(2)9(18)11(21-13)15-5-4-8(17)14-12(15)20/h3-5,7,9-11,16,18-19H,1,6H2,2H3,(H,14,17,20)/t7-,9-,10+,11-,13-/m1/s1. The van der Waals surface area contributed by atoms with Gasteiger partial charge in [-0.3, -0.25) is 14.3 Å². The molecule has 1 saturated heterocycles. The number of hydrogen-bond acceptors (Lipinski definition) is 6. The Hall–Kier alpha value is -1.74. The molecule has 0 radical (unpaired) electrons. The summed E-state index contributed by atoms with van der Waals surface area (Å²) in [5.74, 6) is -0.687. The highest BCUT2D eigenvalue weighted by Crippen LogP contribution is 2.38. The number of rotatable bonds is 3. The number of aliphatic hydroxyl groups excluding tert-OH is 3. The second-order valence-corrected chi connectivity index (χ2v) is 5.14. The van der Waals surface area contributed by atoms with Crippen LogP contribution in [-0.2, 0) is 4.74 Å². The van der Waals surface area contributed by atoms with Gasteiger partial charge in [0.15, 0.2) is 6.23 Å². The van der Waals surface area contributed by atoms with Crippen LogP contribution in [-0.4, -0.2) is 49.3 Å². The van der Waals surface area contributed by atoms with Gasteiger partial charge in [-0.25, -0.2) is 4.79 Å². The van der Waals surface area contributed by atoms with Crippen molar-refractivity contribution in [3.05, 3.63) is 45.8 Å². The zero-order valence-electron chi connectivity index (χ0n) is 11.5. The summed E-state index contributed by atoms with van der Waals surface area (Å²) in [5.41, 5.74) is -2.84.